The van der Waals surface area contributed by atoms with E-state index < -0.39 is 8.56 Å². The van der Waals surface area contributed by atoms with Gasteiger partial charge < -0.3 is 8.85 Å². The first kappa shape index (κ1) is 16.5. The van der Waals surface area contributed by atoms with Crippen molar-refractivity contribution in [1.82, 2.24) is 0 Å². The average Bonchev–Trinajstić information content (AvgIpc) is 3.24. The van der Waals surface area contributed by atoms with E-state index in [0.717, 1.165) is 0 Å². The van der Waals surface area contributed by atoms with Crippen LogP contribution >= 0.6 is 0 Å². The highest BCUT2D eigenvalue weighted by molar-refractivity contribution is 6.72. The van der Waals surface area contributed by atoms with Gasteiger partial charge in [0.15, 0.2) is 0 Å². The minimum Gasteiger partial charge on any atom is -0.397 e. The predicted octanol–water partition coefficient (Wildman–Crippen LogP) is 5.19. The van der Waals surface area contributed by atoms with Gasteiger partial charge in [-0.05, 0) is 36.1 Å². The molecule has 2 aliphatic rings. The Morgan fingerprint density at radius 2 is 1.24 bits per heavy atom. The van der Waals surface area contributed by atoms with E-state index in [-0.39, 0.29) is 11.1 Å². The Hall–Kier alpha value is -1.94. The van der Waals surface area contributed by atoms with Crippen molar-refractivity contribution in [2.75, 3.05) is 14.2 Å². The number of fused-ring (bicyclic) bond motifs is 3. The molecule has 0 saturated heterocycles. The molecule has 0 unspecified atom stereocenters. The first-order valence-corrected chi connectivity index (χ1v) is 10.7. The van der Waals surface area contributed by atoms with Crippen molar-refractivity contribution in [3.05, 3.63) is 83.0 Å². The zero-order valence-corrected chi connectivity index (χ0v) is 16.2. The average molecular weight is 349 g/mol. The van der Waals surface area contributed by atoms with Crippen LogP contribution < -0.4 is 0 Å². The van der Waals surface area contributed by atoms with Gasteiger partial charge in [-0.2, -0.15) is 0 Å². The molecule has 0 heterocycles. The van der Waals surface area contributed by atoms with E-state index in [1.54, 1.807) is 0 Å². The molecule has 2 nitrogen and oxygen atoms in total. The Kier molecular flexibility index (Phi) is 4.03. The highest BCUT2D eigenvalue weighted by Crippen LogP contribution is 2.53. The Bertz CT molecular complexity index is 814. The lowest BCUT2D eigenvalue weighted by Crippen LogP contribution is -2.50. The number of allylic oxidation sites excluding steroid dienone is 4. The molecule has 25 heavy (non-hydrogen) atoms. The number of rotatable bonds is 4. The molecule has 2 aromatic carbocycles. The van der Waals surface area contributed by atoms with Gasteiger partial charge in [0.2, 0.25) is 0 Å². The highest BCUT2D eigenvalue weighted by atomic mass is 28.4. The van der Waals surface area contributed by atoms with Crippen molar-refractivity contribution in [3.8, 4) is 11.1 Å². The van der Waals surface area contributed by atoms with E-state index in [4.69, 9.17) is 8.85 Å². The largest absolute Gasteiger partial charge is 0.397 e. The molecule has 4 rings (SSSR count). The molecule has 0 N–H and O–H groups in total. The fourth-order valence-corrected chi connectivity index (χ4v) is 8.09. The van der Waals surface area contributed by atoms with Crippen LogP contribution in [0.5, 0.6) is 0 Å². The molecule has 0 spiro atoms. The first-order chi connectivity index (χ1) is 12.1. The van der Waals surface area contributed by atoms with Gasteiger partial charge in [0, 0.05) is 19.8 Å². The number of benzene rings is 2. The summed E-state index contributed by atoms with van der Waals surface area (Å²) in [5.41, 5.74) is 8.29. The van der Waals surface area contributed by atoms with Crippen molar-refractivity contribution >= 4 is 8.56 Å². The summed E-state index contributed by atoms with van der Waals surface area (Å²) in [6.07, 6.45) is 8.66. The summed E-state index contributed by atoms with van der Waals surface area (Å²) >= 11 is 0. The molecule has 2 aromatic rings. The monoisotopic (exact) mass is 348 g/mol. The van der Waals surface area contributed by atoms with E-state index in [1.165, 1.54) is 33.4 Å². The SMILES string of the molecule is CO[Si](OC)(C1C=CC=C1)C1c2cc(C)ccc2-c2ccc(C)cc21. The lowest BCUT2D eigenvalue weighted by atomic mass is 10.0. The van der Waals surface area contributed by atoms with E-state index in [2.05, 4.69) is 74.5 Å². The van der Waals surface area contributed by atoms with Crippen LogP contribution in [0.25, 0.3) is 11.1 Å². The third-order valence-electron chi connectivity index (χ3n) is 5.58. The quantitative estimate of drug-likeness (QED) is 0.708. The highest BCUT2D eigenvalue weighted by Gasteiger charge is 2.54. The van der Waals surface area contributed by atoms with Crippen LogP contribution in [0.4, 0.5) is 0 Å². The smallest absolute Gasteiger partial charge is 0.360 e. The van der Waals surface area contributed by atoms with Gasteiger partial charge in [0.25, 0.3) is 0 Å². The second-order valence-electron chi connectivity index (χ2n) is 7.04. The molecular weight excluding hydrogens is 324 g/mol. The van der Waals surface area contributed by atoms with Gasteiger partial charge in [-0.15, -0.1) is 0 Å². The van der Waals surface area contributed by atoms with Crippen molar-refractivity contribution in [3.63, 3.8) is 0 Å². The number of hydrogen-bond donors (Lipinski definition) is 0. The van der Waals surface area contributed by atoms with Crippen LogP contribution in [0.15, 0.2) is 60.7 Å². The minimum absolute atomic E-state index is 0.171. The van der Waals surface area contributed by atoms with E-state index in [9.17, 15) is 0 Å². The van der Waals surface area contributed by atoms with Crippen LogP contribution in [-0.4, -0.2) is 22.8 Å². The summed E-state index contributed by atoms with van der Waals surface area (Å²) in [6.45, 7) is 4.31. The number of hydrogen-bond acceptors (Lipinski definition) is 2. The second kappa shape index (κ2) is 6.10. The summed E-state index contributed by atoms with van der Waals surface area (Å²) in [4.78, 5) is 0. The third kappa shape index (κ3) is 2.38. The van der Waals surface area contributed by atoms with Gasteiger partial charge in [-0.25, -0.2) is 0 Å². The van der Waals surface area contributed by atoms with E-state index in [0.29, 0.717) is 0 Å². The van der Waals surface area contributed by atoms with Gasteiger partial charge in [-0.1, -0.05) is 71.8 Å². The summed E-state index contributed by atoms with van der Waals surface area (Å²) in [6, 6.07) is 13.5. The molecule has 0 amide bonds. The van der Waals surface area contributed by atoms with Crippen molar-refractivity contribution in [1.29, 1.82) is 0 Å². The Morgan fingerprint density at radius 3 is 1.68 bits per heavy atom. The molecule has 0 radical (unpaired) electrons. The van der Waals surface area contributed by atoms with Crippen LogP contribution in [0.2, 0.25) is 5.54 Å². The molecule has 0 aliphatic heterocycles. The maximum Gasteiger partial charge on any atom is 0.360 e. The maximum absolute atomic E-state index is 6.26. The topological polar surface area (TPSA) is 18.5 Å². The van der Waals surface area contributed by atoms with Crippen molar-refractivity contribution < 1.29 is 8.85 Å². The van der Waals surface area contributed by atoms with Gasteiger partial charge in [0.1, 0.15) is 0 Å². The fourth-order valence-electron chi connectivity index (χ4n) is 4.42. The van der Waals surface area contributed by atoms with Crippen molar-refractivity contribution in [2.45, 2.75) is 24.9 Å². The Balaban J connectivity index is 2.00. The molecule has 3 heteroatoms. The van der Waals surface area contributed by atoms with Gasteiger partial charge in [0.05, 0.1) is 5.54 Å². The summed E-state index contributed by atoms with van der Waals surface area (Å²) < 4.78 is 12.5. The predicted molar refractivity (Wildman–Crippen MR) is 105 cm³/mol. The summed E-state index contributed by atoms with van der Waals surface area (Å²) in [7, 11) is 1.04. The van der Waals surface area contributed by atoms with Crippen molar-refractivity contribution in [2.24, 2.45) is 0 Å². The zero-order valence-electron chi connectivity index (χ0n) is 15.2. The lowest BCUT2D eigenvalue weighted by molar-refractivity contribution is 0.232. The molecule has 0 saturated carbocycles. The Labute approximate surface area is 151 Å². The van der Waals surface area contributed by atoms with E-state index >= 15 is 0 Å². The molecule has 0 aromatic heterocycles. The molecule has 128 valence electrons. The zero-order chi connectivity index (χ0) is 17.6. The Morgan fingerprint density at radius 1 is 0.760 bits per heavy atom. The summed E-state index contributed by atoms with van der Waals surface area (Å²) in [5.74, 6) is 0. The molecule has 2 aliphatic carbocycles. The van der Waals surface area contributed by atoms with Crippen LogP contribution in [0.1, 0.15) is 27.8 Å². The standard InChI is InChI=1S/C22H24O2Si/c1-15-9-11-18-19-12-10-16(2)14-21(19)22(20(18)13-15)25(23-3,24-4)17-7-5-6-8-17/h5-14,17,22H,1-4H3. The van der Waals surface area contributed by atoms with Gasteiger partial charge >= 0.3 is 8.56 Å². The fraction of sp³-hybridized carbons (Fsp3) is 0.273. The molecule has 0 bridgehead atoms. The molecule has 0 atom stereocenters. The molecular formula is C22H24O2Si. The summed E-state index contributed by atoms with van der Waals surface area (Å²) in [5, 5.41) is 0. The lowest BCUT2D eigenvalue weighted by Gasteiger charge is -2.37. The third-order valence-corrected chi connectivity index (χ3v) is 9.60. The van der Waals surface area contributed by atoms with Crippen LogP contribution in [0.3, 0.4) is 0 Å². The maximum atomic E-state index is 6.26. The van der Waals surface area contributed by atoms with E-state index in [1.807, 2.05) is 14.2 Å². The van der Waals surface area contributed by atoms with Crippen LogP contribution in [-0.2, 0) is 8.85 Å². The van der Waals surface area contributed by atoms with Gasteiger partial charge in [-0.3, -0.25) is 0 Å². The number of aryl methyl sites for hydroxylation is 2. The minimum atomic E-state index is -2.60. The second-order valence-corrected chi connectivity index (χ2v) is 10.5. The first-order valence-electron chi connectivity index (χ1n) is 8.77. The molecule has 0 fully saturated rings. The van der Waals surface area contributed by atoms with Crippen LogP contribution in [0, 0.1) is 13.8 Å². The normalized spacial score (nSPS) is 16.5.